The van der Waals surface area contributed by atoms with E-state index in [1.165, 1.54) is 24.3 Å². The molecule has 0 saturated heterocycles. The highest BCUT2D eigenvalue weighted by atomic mass is 16.6. The molecule has 0 aliphatic heterocycles. The zero-order valence-corrected chi connectivity index (χ0v) is 11.9. The van der Waals surface area contributed by atoms with Crippen molar-refractivity contribution < 1.29 is 15.1 Å². The summed E-state index contributed by atoms with van der Waals surface area (Å²) in [6.07, 6.45) is -1.44. The van der Waals surface area contributed by atoms with E-state index < -0.39 is 17.1 Å². The molecule has 0 unspecified atom stereocenters. The van der Waals surface area contributed by atoms with Crippen LogP contribution in [0.4, 0.5) is 5.69 Å². The molecular formula is C16H18N2O4. The highest BCUT2D eigenvalue weighted by molar-refractivity contribution is 5.33. The van der Waals surface area contributed by atoms with Crippen LogP contribution in [0.1, 0.15) is 23.3 Å². The van der Waals surface area contributed by atoms with Crippen molar-refractivity contribution in [2.24, 2.45) is 0 Å². The maximum Gasteiger partial charge on any atom is 0.269 e. The van der Waals surface area contributed by atoms with Gasteiger partial charge in [-0.1, -0.05) is 30.3 Å². The first-order chi connectivity index (χ1) is 10.6. The van der Waals surface area contributed by atoms with Crippen molar-refractivity contribution in [2.45, 2.75) is 12.2 Å². The van der Waals surface area contributed by atoms with Crippen LogP contribution in [-0.4, -0.2) is 28.2 Å². The second-order valence-electron chi connectivity index (χ2n) is 4.95. The third-order valence-corrected chi connectivity index (χ3v) is 3.35. The summed E-state index contributed by atoms with van der Waals surface area (Å²) in [5.74, 6) is 0. The third-order valence-electron chi connectivity index (χ3n) is 3.35. The first-order valence-electron chi connectivity index (χ1n) is 6.94. The van der Waals surface area contributed by atoms with Crippen molar-refractivity contribution in [2.75, 3.05) is 13.1 Å². The number of hydrogen-bond donors (Lipinski definition) is 3. The van der Waals surface area contributed by atoms with Gasteiger partial charge >= 0.3 is 0 Å². The van der Waals surface area contributed by atoms with Gasteiger partial charge in [0.1, 0.15) is 0 Å². The molecule has 0 spiro atoms. The molecule has 3 N–H and O–H groups in total. The van der Waals surface area contributed by atoms with Crippen molar-refractivity contribution >= 4 is 5.69 Å². The lowest BCUT2D eigenvalue weighted by atomic mass is 10.1. The molecule has 2 rings (SSSR count). The van der Waals surface area contributed by atoms with Gasteiger partial charge in [0.05, 0.1) is 17.1 Å². The number of non-ortho nitro benzene ring substituents is 1. The summed E-state index contributed by atoms with van der Waals surface area (Å²) in [4.78, 5) is 10.1. The molecule has 0 bridgehead atoms. The second kappa shape index (κ2) is 7.65. The number of rotatable bonds is 7. The molecule has 0 heterocycles. The maximum atomic E-state index is 10.6. The van der Waals surface area contributed by atoms with E-state index >= 15 is 0 Å². The Morgan fingerprint density at radius 2 is 1.41 bits per heavy atom. The molecule has 6 nitrogen and oxygen atoms in total. The van der Waals surface area contributed by atoms with Crippen molar-refractivity contribution in [1.82, 2.24) is 5.32 Å². The van der Waals surface area contributed by atoms with E-state index in [-0.39, 0.29) is 12.2 Å². The largest absolute Gasteiger partial charge is 0.387 e. The van der Waals surface area contributed by atoms with Gasteiger partial charge in [-0.25, -0.2) is 0 Å². The zero-order valence-electron chi connectivity index (χ0n) is 11.9. The molecule has 2 aromatic rings. The number of nitrogens with one attached hydrogen (secondary N) is 1. The van der Waals surface area contributed by atoms with E-state index in [0.29, 0.717) is 12.1 Å². The smallest absolute Gasteiger partial charge is 0.269 e. The van der Waals surface area contributed by atoms with Gasteiger partial charge in [-0.3, -0.25) is 10.1 Å². The fourth-order valence-electron chi connectivity index (χ4n) is 2.09. The summed E-state index contributed by atoms with van der Waals surface area (Å²) in [6, 6.07) is 15.0. The number of hydrogen-bond acceptors (Lipinski definition) is 5. The highest BCUT2D eigenvalue weighted by Crippen LogP contribution is 2.17. The first-order valence-corrected chi connectivity index (χ1v) is 6.94. The Bertz CT molecular complexity index is 601. The van der Waals surface area contributed by atoms with Crippen molar-refractivity contribution in [1.29, 1.82) is 0 Å². The van der Waals surface area contributed by atoms with E-state index in [0.717, 1.165) is 5.56 Å². The Morgan fingerprint density at radius 3 is 1.91 bits per heavy atom. The van der Waals surface area contributed by atoms with Crippen LogP contribution in [0.15, 0.2) is 54.6 Å². The second-order valence-corrected chi connectivity index (χ2v) is 4.95. The summed E-state index contributed by atoms with van der Waals surface area (Å²) in [7, 11) is 0. The predicted octanol–water partition coefficient (Wildman–Crippen LogP) is 1.95. The normalized spacial score (nSPS) is 13.5. The summed E-state index contributed by atoms with van der Waals surface area (Å²) in [6.45, 7) is 0.565. The Kier molecular flexibility index (Phi) is 5.60. The number of aliphatic hydroxyl groups is 2. The molecule has 0 amide bonds. The van der Waals surface area contributed by atoms with Gasteiger partial charge in [-0.05, 0) is 23.3 Å². The SMILES string of the molecule is O=[N+]([O-])c1ccc([C@H](O)CNC[C@H](O)c2ccccc2)cc1. The predicted molar refractivity (Wildman–Crippen MR) is 82.3 cm³/mol. The molecular weight excluding hydrogens is 284 g/mol. The van der Waals surface area contributed by atoms with E-state index in [9.17, 15) is 20.3 Å². The lowest BCUT2D eigenvalue weighted by molar-refractivity contribution is -0.384. The van der Waals surface area contributed by atoms with Gasteiger partial charge in [0.15, 0.2) is 0 Å². The number of aliphatic hydroxyl groups excluding tert-OH is 2. The van der Waals surface area contributed by atoms with Gasteiger partial charge in [-0.15, -0.1) is 0 Å². The summed E-state index contributed by atoms with van der Waals surface area (Å²) in [5, 5.41) is 33.6. The van der Waals surface area contributed by atoms with Crippen LogP contribution in [-0.2, 0) is 0 Å². The molecule has 0 saturated carbocycles. The number of nitro groups is 1. The van der Waals surface area contributed by atoms with Gasteiger partial charge in [0, 0.05) is 25.2 Å². The molecule has 22 heavy (non-hydrogen) atoms. The average Bonchev–Trinajstić information content (AvgIpc) is 2.55. The first kappa shape index (κ1) is 16.1. The molecule has 2 aromatic carbocycles. The maximum absolute atomic E-state index is 10.6. The molecule has 0 aromatic heterocycles. The van der Waals surface area contributed by atoms with Crippen LogP contribution in [0.25, 0.3) is 0 Å². The van der Waals surface area contributed by atoms with Gasteiger partial charge < -0.3 is 15.5 Å². The summed E-state index contributed by atoms with van der Waals surface area (Å²) < 4.78 is 0. The van der Waals surface area contributed by atoms with E-state index in [4.69, 9.17) is 0 Å². The standard InChI is InChI=1S/C16H18N2O4/c19-15(12-4-2-1-3-5-12)10-17-11-16(20)13-6-8-14(9-7-13)18(21)22/h1-9,15-17,19-20H,10-11H2/t15-,16+/m0/s1. The molecule has 0 fully saturated rings. The summed E-state index contributed by atoms with van der Waals surface area (Å²) >= 11 is 0. The zero-order chi connectivity index (χ0) is 15.9. The van der Waals surface area contributed by atoms with Crippen molar-refractivity contribution in [3.63, 3.8) is 0 Å². The van der Waals surface area contributed by atoms with E-state index in [2.05, 4.69) is 5.32 Å². The van der Waals surface area contributed by atoms with E-state index in [1.807, 2.05) is 30.3 Å². The van der Waals surface area contributed by atoms with Gasteiger partial charge in [0.2, 0.25) is 0 Å². The number of nitrogens with zero attached hydrogens (tertiary/aromatic N) is 1. The molecule has 2 atom stereocenters. The number of nitro benzene ring substituents is 1. The Hall–Kier alpha value is -2.28. The Balaban J connectivity index is 1.82. The molecule has 0 radical (unpaired) electrons. The van der Waals surface area contributed by atoms with Crippen LogP contribution in [0.5, 0.6) is 0 Å². The number of benzene rings is 2. The lowest BCUT2D eigenvalue weighted by Crippen LogP contribution is -2.26. The van der Waals surface area contributed by atoms with Crippen LogP contribution < -0.4 is 5.32 Å². The van der Waals surface area contributed by atoms with Crippen molar-refractivity contribution in [3.8, 4) is 0 Å². The van der Waals surface area contributed by atoms with Crippen LogP contribution in [0.3, 0.4) is 0 Å². The third kappa shape index (κ3) is 4.36. The fraction of sp³-hybridized carbons (Fsp3) is 0.250. The summed E-state index contributed by atoms with van der Waals surface area (Å²) in [5.41, 5.74) is 1.38. The highest BCUT2D eigenvalue weighted by Gasteiger charge is 2.12. The lowest BCUT2D eigenvalue weighted by Gasteiger charge is -2.15. The van der Waals surface area contributed by atoms with Gasteiger partial charge in [-0.2, -0.15) is 0 Å². The van der Waals surface area contributed by atoms with E-state index in [1.54, 1.807) is 0 Å². The topological polar surface area (TPSA) is 95.6 Å². The minimum atomic E-state index is -0.788. The Labute approximate surface area is 128 Å². The van der Waals surface area contributed by atoms with Crippen molar-refractivity contribution in [3.05, 3.63) is 75.8 Å². The fourth-order valence-corrected chi connectivity index (χ4v) is 2.09. The molecule has 116 valence electrons. The minimum absolute atomic E-state index is 0.0107. The average molecular weight is 302 g/mol. The monoisotopic (exact) mass is 302 g/mol. The van der Waals surface area contributed by atoms with Crippen LogP contribution >= 0.6 is 0 Å². The van der Waals surface area contributed by atoms with Gasteiger partial charge in [0.25, 0.3) is 5.69 Å². The minimum Gasteiger partial charge on any atom is -0.387 e. The van der Waals surface area contributed by atoms with Crippen LogP contribution in [0, 0.1) is 10.1 Å². The van der Waals surface area contributed by atoms with Crippen LogP contribution in [0.2, 0.25) is 0 Å². The quantitative estimate of drug-likeness (QED) is 0.536. The molecule has 0 aliphatic carbocycles. The molecule has 6 heteroatoms. The Morgan fingerprint density at radius 1 is 0.909 bits per heavy atom. The molecule has 0 aliphatic rings.